The summed E-state index contributed by atoms with van der Waals surface area (Å²) < 4.78 is 29.5. The maximum atomic E-state index is 12.0. The second kappa shape index (κ2) is 5.59. The highest BCUT2D eigenvalue weighted by atomic mass is 79.9. The number of halogens is 1. The number of nitrogens with zero attached hydrogens (tertiary/aromatic N) is 1. The van der Waals surface area contributed by atoms with Gasteiger partial charge in [0.25, 0.3) is 5.69 Å². The average molecular weight is 358 g/mol. The van der Waals surface area contributed by atoms with Crippen LogP contribution >= 0.6 is 15.9 Å². The van der Waals surface area contributed by atoms with E-state index in [-0.39, 0.29) is 16.3 Å². The Bertz CT molecular complexity index is 760. The van der Waals surface area contributed by atoms with E-state index >= 15 is 0 Å². The molecule has 0 saturated heterocycles. The van der Waals surface area contributed by atoms with E-state index < -0.39 is 15.0 Å². The van der Waals surface area contributed by atoms with Crippen LogP contribution < -0.4 is 4.18 Å². The van der Waals surface area contributed by atoms with Gasteiger partial charge < -0.3 is 4.18 Å². The quantitative estimate of drug-likeness (QED) is 0.476. The molecular formula is C12H8BrNO5S. The average Bonchev–Trinajstić information content (AvgIpc) is 2.38. The Morgan fingerprint density at radius 2 is 1.80 bits per heavy atom. The molecule has 0 unspecified atom stereocenters. The number of nitro groups is 1. The summed E-state index contributed by atoms with van der Waals surface area (Å²) >= 11 is 3.16. The summed E-state index contributed by atoms with van der Waals surface area (Å²) in [7, 11) is -4.03. The first-order valence-electron chi connectivity index (χ1n) is 5.33. The van der Waals surface area contributed by atoms with Crippen LogP contribution in [-0.2, 0) is 10.1 Å². The Morgan fingerprint density at radius 1 is 1.10 bits per heavy atom. The maximum Gasteiger partial charge on any atom is 0.339 e. The van der Waals surface area contributed by atoms with Crippen LogP contribution in [-0.4, -0.2) is 13.3 Å². The molecule has 0 saturated carbocycles. The summed E-state index contributed by atoms with van der Waals surface area (Å²) in [5.41, 5.74) is -0.244. The highest BCUT2D eigenvalue weighted by Crippen LogP contribution is 2.24. The van der Waals surface area contributed by atoms with E-state index in [1.165, 1.54) is 30.3 Å². The third-order valence-corrected chi connectivity index (χ3v) is 4.06. The summed E-state index contributed by atoms with van der Waals surface area (Å²) in [5, 5.41) is 10.6. The topological polar surface area (TPSA) is 86.5 Å². The predicted molar refractivity (Wildman–Crippen MR) is 75.1 cm³/mol. The molecule has 0 N–H and O–H groups in total. The third kappa shape index (κ3) is 3.34. The number of benzene rings is 2. The van der Waals surface area contributed by atoms with Crippen LogP contribution in [0.15, 0.2) is 57.9 Å². The lowest BCUT2D eigenvalue weighted by Crippen LogP contribution is -2.09. The lowest BCUT2D eigenvalue weighted by atomic mass is 10.3. The van der Waals surface area contributed by atoms with Gasteiger partial charge in [-0.25, -0.2) is 0 Å². The van der Waals surface area contributed by atoms with E-state index in [1.54, 1.807) is 12.1 Å². The summed E-state index contributed by atoms with van der Waals surface area (Å²) in [6.07, 6.45) is 0. The maximum absolute atomic E-state index is 12.0. The van der Waals surface area contributed by atoms with Gasteiger partial charge in [0.15, 0.2) is 0 Å². The van der Waals surface area contributed by atoms with Gasteiger partial charge >= 0.3 is 10.1 Å². The van der Waals surface area contributed by atoms with Gasteiger partial charge in [-0.15, -0.1) is 0 Å². The van der Waals surface area contributed by atoms with Crippen molar-refractivity contribution in [1.29, 1.82) is 0 Å². The summed E-state index contributed by atoms with van der Waals surface area (Å²) in [5.74, 6) is -0.112. The third-order valence-electron chi connectivity index (χ3n) is 2.32. The first kappa shape index (κ1) is 14.5. The van der Waals surface area contributed by atoms with Crippen molar-refractivity contribution >= 4 is 31.7 Å². The molecule has 6 nitrogen and oxygen atoms in total. The number of non-ortho nitro benzene ring substituents is 1. The molecule has 0 aliphatic rings. The number of hydrogen-bond donors (Lipinski definition) is 0. The van der Waals surface area contributed by atoms with Crippen LogP contribution in [0, 0.1) is 10.1 Å². The molecule has 2 aromatic carbocycles. The molecular weight excluding hydrogens is 350 g/mol. The van der Waals surface area contributed by atoms with E-state index in [9.17, 15) is 18.5 Å². The Kier molecular flexibility index (Phi) is 4.05. The molecule has 0 aliphatic heterocycles. The Balaban J connectivity index is 2.33. The normalized spacial score (nSPS) is 11.1. The first-order valence-corrected chi connectivity index (χ1v) is 7.53. The lowest BCUT2D eigenvalue weighted by molar-refractivity contribution is -0.384. The smallest absolute Gasteiger partial charge is 0.339 e. The molecule has 0 bridgehead atoms. The number of rotatable bonds is 4. The minimum Gasteiger partial charge on any atom is -0.379 e. The van der Waals surface area contributed by atoms with Crippen LogP contribution in [0.4, 0.5) is 5.69 Å². The molecule has 104 valence electrons. The van der Waals surface area contributed by atoms with Crippen molar-refractivity contribution in [3.63, 3.8) is 0 Å². The van der Waals surface area contributed by atoms with Crippen LogP contribution in [0.5, 0.6) is 5.75 Å². The second-order valence-corrected chi connectivity index (χ2v) is 6.21. The van der Waals surface area contributed by atoms with Crippen molar-refractivity contribution in [2.75, 3.05) is 0 Å². The standard InChI is InChI=1S/C12H8BrNO5S/c13-9-3-1-6-12(7-9)20(17,18)19-11-5-2-4-10(8-11)14(15)16/h1-8H. The Hall–Kier alpha value is -1.93. The number of hydrogen-bond acceptors (Lipinski definition) is 5. The monoisotopic (exact) mass is 357 g/mol. The van der Waals surface area contributed by atoms with Crippen molar-refractivity contribution in [1.82, 2.24) is 0 Å². The van der Waals surface area contributed by atoms with E-state index in [4.69, 9.17) is 4.18 Å². The highest BCUT2D eigenvalue weighted by Gasteiger charge is 2.18. The molecule has 0 fully saturated rings. The summed E-state index contributed by atoms with van der Waals surface area (Å²) in [6, 6.07) is 11.0. The molecule has 20 heavy (non-hydrogen) atoms. The lowest BCUT2D eigenvalue weighted by Gasteiger charge is -2.07. The highest BCUT2D eigenvalue weighted by molar-refractivity contribution is 9.10. The first-order chi connectivity index (χ1) is 9.38. The zero-order valence-corrected chi connectivity index (χ0v) is 12.3. The predicted octanol–water partition coefficient (Wildman–Crippen LogP) is 3.13. The Morgan fingerprint density at radius 3 is 2.45 bits per heavy atom. The Labute approximate surface area is 123 Å². The van der Waals surface area contributed by atoms with Gasteiger partial charge in [-0.05, 0) is 24.3 Å². The second-order valence-electron chi connectivity index (χ2n) is 3.75. The van der Waals surface area contributed by atoms with Gasteiger partial charge in [0, 0.05) is 10.5 Å². The molecule has 0 heterocycles. The van der Waals surface area contributed by atoms with Gasteiger partial charge in [-0.2, -0.15) is 8.42 Å². The molecule has 0 radical (unpaired) electrons. The minimum atomic E-state index is -4.03. The molecule has 2 rings (SSSR count). The van der Waals surface area contributed by atoms with Gasteiger partial charge in [0.05, 0.1) is 11.0 Å². The van der Waals surface area contributed by atoms with Crippen LogP contribution in [0.1, 0.15) is 0 Å². The molecule has 0 spiro atoms. The molecule has 0 amide bonds. The summed E-state index contributed by atoms with van der Waals surface area (Å²) in [4.78, 5) is 9.96. The van der Waals surface area contributed by atoms with Crippen LogP contribution in [0.2, 0.25) is 0 Å². The van der Waals surface area contributed by atoms with Crippen molar-refractivity contribution in [3.8, 4) is 5.75 Å². The number of nitro benzene ring substituents is 1. The van der Waals surface area contributed by atoms with Crippen molar-refractivity contribution in [2.45, 2.75) is 4.90 Å². The molecule has 0 aromatic heterocycles. The minimum absolute atomic E-state index is 0.0432. The van der Waals surface area contributed by atoms with Crippen LogP contribution in [0.25, 0.3) is 0 Å². The molecule has 0 aliphatic carbocycles. The SMILES string of the molecule is O=[N+]([O-])c1cccc(OS(=O)(=O)c2cccc(Br)c2)c1. The van der Waals surface area contributed by atoms with Gasteiger partial charge in [0.2, 0.25) is 0 Å². The van der Waals surface area contributed by atoms with E-state index in [1.807, 2.05) is 0 Å². The fourth-order valence-corrected chi connectivity index (χ4v) is 2.97. The molecule has 2 aromatic rings. The van der Waals surface area contributed by atoms with Gasteiger partial charge in [-0.1, -0.05) is 28.1 Å². The van der Waals surface area contributed by atoms with Crippen LogP contribution in [0.3, 0.4) is 0 Å². The fourth-order valence-electron chi connectivity index (χ4n) is 1.45. The van der Waals surface area contributed by atoms with E-state index in [0.29, 0.717) is 4.47 Å². The van der Waals surface area contributed by atoms with E-state index in [2.05, 4.69) is 15.9 Å². The molecule has 0 atom stereocenters. The zero-order chi connectivity index (χ0) is 14.8. The van der Waals surface area contributed by atoms with Crippen molar-refractivity contribution in [2.24, 2.45) is 0 Å². The largest absolute Gasteiger partial charge is 0.379 e. The van der Waals surface area contributed by atoms with Crippen molar-refractivity contribution in [3.05, 3.63) is 63.1 Å². The summed E-state index contributed by atoms with van der Waals surface area (Å²) in [6.45, 7) is 0. The van der Waals surface area contributed by atoms with E-state index in [0.717, 1.165) is 6.07 Å². The molecule has 8 heteroatoms. The zero-order valence-electron chi connectivity index (χ0n) is 9.89. The van der Waals surface area contributed by atoms with Gasteiger partial charge in [0.1, 0.15) is 10.6 Å². The van der Waals surface area contributed by atoms with Crippen molar-refractivity contribution < 1.29 is 17.5 Å². The van der Waals surface area contributed by atoms with Gasteiger partial charge in [-0.3, -0.25) is 10.1 Å². The fraction of sp³-hybridized carbons (Fsp3) is 0.